The van der Waals surface area contributed by atoms with Crippen LogP contribution >= 0.6 is 24.0 Å². The molecule has 0 saturated carbocycles. The second-order valence-corrected chi connectivity index (χ2v) is 4.17. The average Bonchev–Trinajstić information content (AvgIpc) is 2.80. The molecule has 0 aliphatic heterocycles. The van der Waals surface area contributed by atoms with Crippen molar-refractivity contribution in [1.29, 1.82) is 0 Å². The van der Waals surface area contributed by atoms with Crippen LogP contribution in [0.15, 0.2) is 17.4 Å². The number of guanidine groups is 1. The van der Waals surface area contributed by atoms with Crippen LogP contribution in [0.2, 0.25) is 0 Å². The van der Waals surface area contributed by atoms with Gasteiger partial charge < -0.3 is 15.4 Å². The molecule has 0 atom stereocenters. The highest BCUT2D eigenvalue weighted by molar-refractivity contribution is 14.0. The number of aromatic nitrogens is 2. The van der Waals surface area contributed by atoms with Gasteiger partial charge in [-0.15, -0.1) is 24.0 Å². The molecular weight excluding hydrogens is 369 g/mol. The molecule has 0 radical (unpaired) electrons. The van der Waals surface area contributed by atoms with E-state index in [4.69, 9.17) is 4.74 Å². The van der Waals surface area contributed by atoms with E-state index in [1.807, 2.05) is 30.9 Å². The maximum absolute atomic E-state index is 5.26. The van der Waals surface area contributed by atoms with E-state index < -0.39 is 0 Å². The molecule has 6 nitrogen and oxygen atoms in total. The number of hydrogen-bond acceptors (Lipinski definition) is 3. The van der Waals surface area contributed by atoms with Crippen molar-refractivity contribution >= 4 is 29.9 Å². The van der Waals surface area contributed by atoms with Gasteiger partial charge in [-0.3, -0.25) is 9.67 Å². The summed E-state index contributed by atoms with van der Waals surface area (Å²) in [5, 5.41) is 10.7. The van der Waals surface area contributed by atoms with Crippen LogP contribution in [0, 0.1) is 6.92 Å². The van der Waals surface area contributed by atoms with E-state index >= 15 is 0 Å². The lowest BCUT2D eigenvalue weighted by Gasteiger charge is -2.11. The quantitative estimate of drug-likeness (QED) is 0.302. The summed E-state index contributed by atoms with van der Waals surface area (Å²) in [6, 6.07) is 0. The van der Waals surface area contributed by atoms with Crippen LogP contribution in [0.4, 0.5) is 0 Å². The zero-order valence-electron chi connectivity index (χ0n) is 12.6. The number of rotatable bonds is 8. The zero-order valence-corrected chi connectivity index (χ0v) is 14.9. The minimum absolute atomic E-state index is 0. The molecule has 0 aliphatic carbocycles. The molecule has 1 rings (SSSR count). The van der Waals surface area contributed by atoms with E-state index in [2.05, 4.69) is 27.6 Å². The van der Waals surface area contributed by atoms with E-state index in [-0.39, 0.29) is 24.0 Å². The van der Waals surface area contributed by atoms with Crippen molar-refractivity contribution in [1.82, 2.24) is 20.4 Å². The molecule has 20 heavy (non-hydrogen) atoms. The first kappa shape index (κ1) is 19.2. The van der Waals surface area contributed by atoms with Crippen LogP contribution in [0.1, 0.15) is 19.4 Å². The molecule has 0 aromatic carbocycles. The summed E-state index contributed by atoms with van der Waals surface area (Å²) >= 11 is 0. The second-order valence-electron chi connectivity index (χ2n) is 4.17. The lowest BCUT2D eigenvalue weighted by Crippen LogP contribution is -2.39. The summed E-state index contributed by atoms with van der Waals surface area (Å²) in [6.45, 7) is 10.6. The summed E-state index contributed by atoms with van der Waals surface area (Å²) < 4.78 is 7.18. The van der Waals surface area contributed by atoms with E-state index in [0.717, 1.165) is 32.2 Å². The number of aliphatic imine (C=N–C) groups is 1. The van der Waals surface area contributed by atoms with Gasteiger partial charge in [-0.05, 0) is 26.3 Å². The number of ether oxygens (including phenoxy) is 1. The Hall–Kier alpha value is -0.830. The largest absolute Gasteiger partial charge is 0.380 e. The first-order valence-electron chi connectivity index (χ1n) is 6.85. The predicted octanol–water partition coefficient (Wildman–Crippen LogP) is 1.40. The van der Waals surface area contributed by atoms with Gasteiger partial charge in [-0.1, -0.05) is 0 Å². The van der Waals surface area contributed by atoms with E-state index in [0.29, 0.717) is 13.2 Å². The Morgan fingerprint density at radius 3 is 2.80 bits per heavy atom. The molecule has 1 aromatic rings. The van der Waals surface area contributed by atoms with E-state index in [1.165, 1.54) is 5.56 Å². The highest BCUT2D eigenvalue weighted by atomic mass is 127. The standard InChI is InChI=1S/C13H25N5O.HI/c1-4-14-13(16-7-9-19-5-2)15-6-8-18-11-12(3)10-17-18;/h10-11H,4-9H2,1-3H3,(H2,14,15,16);1H. The van der Waals surface area contributed by atoms with Crippen molar-refractivity contribution in [2.45, 2.75) is 27.3 Å². The molecule has 0 unspecified atom stereocenters. The van der Waals surface area contributed by atoms with Crippen LogP contribution in [0.3, 0.4) is 0 Å². The summed E-state index contributed by atoms with van der Waals surface area (Å²) in [5.74, 6) is 0.825. The normalized spacial score (nSPS) is 11.1. The van der Waals surface area contributed by atoms with Gasteiger partial charge in [0, 0.05) is 25.9 Å². The molecule has 0 aliphatic rings. The summed E-state index contributed by atoms with van der Waals surface area (Å²) in [4.78, 5) is 4.43. The Morgan fingerprint density at radius 2 is 2.20 bits per heavy atom. The van der Waals surface area contributed by atoms with Crippen LogP contribution in [0.5, 0.6) is 0 Å². The number of nitrogens with zero attached hydrogens (tertiary/aromatic N) is 3. The fourth-order valence-electron chi connectivity index (χ4n) is 1.59. The van der Waals surface area contributed by atoms with Gasteiger partial charge in [-0.25, -0.2) is 0 Å². The van der Waals surface area contributed by atoms with Gasteiger partial charge in [-0.2, -0.15) is 5.10 Å². The third kappa shape index (κ3) is 8.36. The lowest BCUT2D eigenvalue weighted by atomic mass is 10.4. The molecular formula is C13H26IN5O. The molecule has 0 spiro atoms. The first-order chi connectivity index (χ1) is 9.26. The molecule has 0 saturated heterocycles. The Bertz CT molecular complexity index is 381. The molecule has 0 amide bonds. The Balaban J connectivity index is 0.00000361. The zero-order chi connectivity index (χ0) is 13.9. The SMILES string of the molecule is CCNC(=NCCOCC)NCCn1cc(C)cn1.I. The summed E-state index contributed by atoms with van der Waals surface area (Å²) in [7, 11) is 0. The molecule has 1 aromatic heterocycles. The average molecular weight is 395 g/mol. The number of halogens is 1. The van der Waals surface area contributed by atoms with E-state index in [1.54, 1.807) is 0 Å². The van der Waals surface area contributed by atoms with E-state index in [9.17, 15) is 0 Å². The van der Waals surface area contributed by atoms with Crippen molar-refractivity contribution in [3.05, 3.63) is 18.0 Å². The summed E-state index contributed by atoms with van der Waals surface area (Å²) in [6.07, 6.45) is 3.89. The van der Waals surface area contributed by atoms with Crippen molar-refractivity contribution < 1.29 is 4.74 Å². The lowest BCUT2D eigenvalue weighted by molar-refractivity contribution is 0.155. The van der Waals surface area contributed by atoms with Crippen molar-refractivity contribution in [2.75, 3.05) is 32.8 Å². The molecule has 0 bridgehead atoms. The maximum atomic E-state index is 5.26. The van der Waals surface area contributed by atoms with Gasteiger partial charge in [0.25, 0.3) is 0 Å². The highest BCUT2D eigenvalue weighted by Crippen LogP contribution is 1.92. The molecule has 7 heteroatoms. The highest BCUT2D eigenvalue weighted by Gasteiger charge is 1.97. The minimum atomic E-state index is 0. The molecule has 1 heterocycles. The Morgan fingerprint density at radius 1 is 1.40 bits per heavy atom. The minimum Gasteiger partial charge on any atom is -0.380 e. The molecule has 0 fully saturated rings. The Kier molecular flexibility index (Phi) is 11.5. The topological polar surface area (TPSA) is 63.5 Å². The third-order valence-corrected chi connectivity index (χ3v) is 2.45. The van der Waals surface area contributed by atoms with Crippen molar-refractivity contribution in [3.63, 3.8) is 0 Å². The van der Waals surface area contributed by atoms with Gasteiger partial charge in [0.15, 0.2) is 5.96 Å². The smallest absolute Gasteiger partial charge is 0.191 e. The van der Waals surface area contributed by atoms with Crippen LogP contribution in [-0.2, 0) is 11.3 Å². The third-order valence-electron chi connectivity index (χ3n) is 2.45. The number of aryl methyl sites for hydroxylation is 1. The number of nitrogens with one attached hydrogen (secondary N) is 2. The van der Waals surface area contributed by atoms with Crippen LogP contribution in [-0.4, -0.2) is 48.6 Å². The fraction of sp³-hybridized carbons (Fsp3) is 0.692. The van der Waals surface area contributed by atoms with Crippen LogP contribution in [0.25, 0.3) is 0 Å². The van der Waals surface area contributed by atoms with Gasteiger partial charge in [0.1, 0.15) is 0 Å². The predicted molar refractivity (Wildman–Crippen MR) is 92.9 cm³/mol. The second kappa shape index (κ2) is 12.0. The monoisotopic (exact) mass is 395 g/mol. The molecule has 2 N–H and O–H groups in total. The Labute approximate surface area is 138 Å². The molecule has 116 valence electrons. The number of hydrogen-bond donors (Lipinski definition) is 2. The van der Waals surface area contributed by atoms with Crippen LogP contribution < -0.4 is 10.6 Å². The van der Waals surface area contributed by atoms with Gasteiger partial charge >= 0.3 is 0 Å². The first-order valence-corrected chi connectivity index (χ1v) is 6.85. The summed E-state index contributed by atoms with van der Waals surface area (Å²) in [5.41, 5.74) is 1.18. The van der Waals surface area contributed by atoms with Crippen molar-refractivity contribution in [2.24, 2.45) is 4.99 Å². The fourth-order valence-corrected chi connectivity index (χ4v) is 1.59. The van der Waals surface area contributed by atoms with Gasteiger partial charge in [0.05, 0.1) is 25.9 Å². The van der Waals surface area contributed by atoms with Crippen molar-refractivity contribution in [3.8, 4) is 0 Å². The maximum Gasteiger partial charge on any atom is 0.191 e. The van der Waals surface area contributed by atoms with Gasteiger partial charge in [0.2, 0.25) is 0 Å².